The highest BCUT2D eigenvalue weighted by molar-refractivity contribution is 6.17. The first-order chi connectivity index (χ1) is 33.1. The molecular weight excluding hydrogens is 809 g/mol. The van der Waals surface area contributed by atoms with E-state index < -0.39 is 0 Å². The third-order valence-corrected chi connectivity index (χ3v) is 14.6. The molecule has 0 radical (unpaired) electrons. The van der Waals surface area contributed by atoms with E-state index in [-0.39, 0.29) is 0 Å². The van der Waals surface area contributed by atoms with Crippen molar-refractivity contribution in [2.24, 2.45) is 0 Å². The van der Waals surface area contributed by atoms with Crippen LogP contribution in [0, 0.1) is 11.8 Å². The van der Waals surface area contributed by atoms with Crippen LogP contribution in [0.1, 0.15) is 307 Å². The van der Waals surface area contributed by atoms with E-state index in [9.17, 15) is 5.84 Å². The molecule has 2 aromatic carbocycles. The molecule has 0 atom stereocenters. The molecule has 0 unspecified atom stereocenters. The van der Waals surface area contributed by atoms with Crippen LogP contribution in [0.2, 0.25) is 0 Å². The van der Waals surface area contributed by atoms with Crippen molar-refractivity contribution in [1.29, 1.82) is 0 Å². The number of nitrogens with one attached hydrogen (secondary N) is 1. The van der Waals surface area contributed by atoms with Gasteiger partial charge in [-0.15, -0.1) is 0 Å². The maximum atomic E-state index is 9.74. The molecule has 1 heterocycles. The number of allylic oxidation sites excluding steroid dienone is 3. The van der Waals surface area contributed by atoms with Crippen LogP contribution >= 0.6 is 0 Å². The standard InChI is InChI=1S/C65H106N2/c1-5-9-13-15-17-19-21-22-23-24-25-26-27-28-29-30-31-32-33-34-35-37-39-41-43-45-49-63-62(48-44-42-40-38-36-20-18-16-14-10-6-2)64(60-54-50-58(51-55-60)46-11-7-3)67(66)65(63)61-56-52-59(53-57-61)47-12-8-4/h48,50-57,66H,5-44,46-47H2,1-4H3. The maximum absolute atomic E-state index is 9.74. The third kappa shape index (κ3) is 26.5. The minimum atomic E-state index is 0.928. The van der Waals surface area contributed by atoms with Gasteiger partial charge in [0, 0.05) is 17.5 Å². The lowest BCUT2D eigenvalue weighted by Gasteiger charge is -2.09. The highest BCUT2D eigenvalue weighted by Gasteiger charge is 2.34. The van der Waals surface area contributed by atoms with Gasteiger partial charge in [0.2, 0.25) is 11.4 Å². The smallest absolute Gasteiger partial charge is 0.225 e. The Morgan fingerprint density at radius 1 is 0.388 bits per heavy atom. The molecule has 1 N–H and O–H groups in total. The fourth-order valence-corrected chi connectivity index (χ4v) is 10.1. The molecule has 67 heavy (non-hydrogen) atoms. The van der Waals surface area contributed by atoms with Crippen molar-refractivity contribution < 1.29 is 4.68 Å². The highest BCUT2D eigenvalue weighted by atomic mass is 15.3. The van der Waals surface area contributed by atoms with Crippen LogP contribution in [-0.2, 0) is 12.8 Å². The zero-order chi connectivity index (χ0) is 47.7. The summed E-state index contributed by atoms with van der Waals surface area (Å²) in [5.74, 6) is 17.1. The zero-order valence-corrected chi connectivity index (χ0v) is 44.8. The van der Waals surface area contributed by atoms with Crippen molar-refractivity contribution in [1.82, 2.24) is 0 Å². The molecule has 0 spiro atoms. The number of unbranched alkanes of at least 4 members (excludes halogenated alkanes) is 36. The number of hydrogen-bond donors (Lipinski definition) is 0. The second kappa shape index (κ2) is 40.8. The van der Waals surface area contributed by atoms with Crippen LogP contribution < -0.4 is 0 Å². The molecule has 1 aliphatic rings. The molecule has 0 bridgehead atoms. The van der Waals surface area contributed by atoms with E-state index in [4.69, 9.17) is 0 Å². The molecule has 3 rings (SSSR count). The Morgan fingerprint density at radius 3 is 1.09 bits per heavy atom. The van der Waals surface area contributed by atoms with Gasteiger partial charge in [0.1, 0.15) is 5.57 Å². The summed E-state index contributed by atoms with van der Waals surface area (Å²) in [5.41, 5.74) is 9.18. The average Bonchev–Trinajstić information content (AvgIpc) is 3.62. The van der Waals surface area contributed by atoms with Gasteiger partial charge in [-0.1, -0.05) is 288 Å². The monoisotopic (exact) mass is 915 g/mol. The van der Waals surface area contributed by atoms with Gasteiger partial charge >= 0.3 is 0 Å². The molecule has 376 valence electrons. The van der Waals surface area contributed by atoms with E-state index in [1.165, 1.54) is 261 Å². The molecule has 0 aromatic heterocycles. The predicted octanol–water partition coefficient (Wildman–Crippen LogP) is 21.6. The third-order valence-electron chi connectivity index (χ3n) is 14.6. The van der Waals surface area contributed by atoms with E-state index in [2.05, 4.69) is 94.1 Å². The Kier molecular flexibility index (Phi) is 35.5. The first-order valence-corrected chi connectivity index (χ1v) is 29.6. The largest absolute Gasteiger partial charge is 0.448 e. The first-order valence-electron chi connectivity index (χ1n) is 29.6. The molecule has 0 amide bonds. The average molecular weight is 916 g/mol. The Bertz CT molecular complexity index is 1640. The molecule has 2 nitrogen and oxygen atoms in total. The summed E-state index contributed by atoms with van der Waals surface area (Å²) in [5, 5.41) is 0. The predicted molar refractivity (Wildman–Crippen MR) is 299 cm³/mol. The maximum Gasteiger partial charge on any atom is 0.225 e. The van der Waals surface area contributed by atoms with Crippen molar-refractivity contribution >= 4 is 11.4 Å². The van der Waals surface area contributed by atoms with E-state index in [1.807, 2.05) is 0 Å². The van der Waals surface area contributed by atoms with Crippen LogP contribution in [0.5, 0.6) is 0 Å². The second-order valence-electron chi connectivity index (χ2n) is 20.8. The minimum Gasteiger partial charge on any atom is -0.448 e. The van der Waals surface area contributed by atoms with E-state index in [0.29, 0.717) is 0 Å². The fourth-order valence-electron chi connectivity index (χ4n) is 10.1. The van der Waals surface area contributed by atoms with E-state index >= 15 is 0 Å². The van der Waals surface area contributed by atoms with Gasteiger partial charge < -0.3 is 5.84 Å². The van der Waals surface area contributed by atoms with Gasteiger partial charge in [0.15, 0.2) is 0 Å². The molecule has 0 saturated carbocycles. The Morgan fingerprint density at radius 2 is 0.716 bits per heavy atom. The molecule has 0 saturated heterocycles. The summed E-state index contributed by atoms with van der Waals surface area (Å²) in [7, 11) is 0. The molecule has 0 fully saturated rings. The zero-order valence-electron chi connectivity index (χ0n) is 44.8. The van der Waals surface area contributed by atoms with Gasteiger partial charge in [-0.2, -0.15) is 0 Å². The summed E-state index contributed by atoms with van der Waals surface area (Å²) < 4.78 is 1.73. The van der Waals surface area contributed by atoms with Gasteiger partial charge in [-0.05, 0) is 80.3 Å². The molecule has 0 aliphatic carbocycles. The van der Waals surface area contributed by atoms with Gasteiger partial charge in [-0.25, -0.2) is 4.68 Å². The van der Waals surface area contributed by atoms with Gasteiger partial charge in [0.25, 0.3) is 0 Å². The summed E-state index contributed by atoms with van der Waals surface area (Å²) in [6, 6.07) is 18.2. The Balaban J connectivity index is 1.48. The molecular formula is C65H106N2. The van der Waals surface area contributed by atoms with Crippen molar-refractivity contribution in [3.05, 3.63) is 93.8 Å². The Hall–Kier alpha value is -3.05. The normalized spacial score (nSPS) is 13.3. The number of rotatable bonds is 43. The first kappa shape index (κ1) is 58.3. The quantitative estimate of drug-likeness (QED) is 0.0360. The summed E-state index contributed by atoms with van der Waals surface area (Å²) in [6.45, 7) is 9.14. The summed E-state index contributed by atoms with van der Waals surface area (Å²) in [4.78, 5) is 0. The number of aryl methyl sites for hydroxylation is 2. The summed E-state index contributed by atoms with van der Waals surface area (Å²) in [6.07, 6.45) is 59.0. The van der Waals surface area contributed by atoms with Gasteiger partial charge in [0.05, 0.1) is 5.57 Å². The van der Waals surface area contributed by atoms with Crippen molar-refractivity contribution in [2.45, 2.75) is 297 Å². The summed E-state index contributed by atoms with van der Waals surface area (Å²) >= 11 is 0. The minimum absolute atomic E-state index is 0.928. The van der Waals surface area contributed by atoms with Crippen LogP contribution in [-0.4, -0.2) is 10.4 Å². The van der Waals surface area contributed by atoms with Gasteiger partial charge in [-0.3, -0.25) is 0 Å². The molecule has 1 aliphatic heterocycles. The second-order valence-corrected chi connectivity index (χ2v) is 20.8. The fraction of sp³-hybridized carbons (Fsp3) is 0.708. The number of hydrogen-bond acceptors (Lipinski definition) is 0. The lowest BCUT2D eigenvalue weighted by atomic mass is 9.93. The molecule has 2 aromatic rings. The van der Waals surface area contributed by atoms with Crippen LogP contribution in [0.3, 0.4) is 0 Å². The Labute approximate surface area is 417 Å². The van der Waals surface area contributed by atoms with Crippen LogP contribution in [0.15, 0.2) is 65.8 Å². The number of benzene rings is 2. The van der Waals surface area contributed by atoms with Crippen LogP contribution in [0.25, 0.3) is 11.5 Å². The van der Waals surface area contributed by atoms with E-state index in [1.54, 1.807) is 4.68 Å². The lowest BCUT2D eigenvalue weighted by molar-refractivity contribution is -0.347. The number of nitrogens with zero attached hydrogens (tertiary/aromatic N) is 1. The van der Waals surface area contributed by atoms with E-state index in [0.717, 1.165) is 53.8 Å². The van der Waals surface area contributed by atoms with Crippen molar-refractivity contribution in [3.63, 3.8) is 0 Å². The topological polar surface area (TPSA) is 26.8 Å². The lowest BCUT2D eigenvalue weighted by Crippen LogP contribution is -2.11. The van der Waals surface area contributed by atoms with Crippen molar-refractivity contribution in [2.75, 3.05) is 0 Å². The highest BCUT2D eigenvalue weighted by Crippen LogP contribution is 2.35. The molecule has 2 heteroatoms. The van der Waals surface area contributed by atoms with Crippen molar-refractivity contribution in [3.8, 4) is 11.8 Å². The SMILES string of the molecule is CCCCCCCCCCCCC=C1C(C#CCCCCCCCCCCCCCCCCCCCCCCCCCC)=C(c2ccc(CCCC)cc2)[N+]([NH-])=C1c1ccc(CCCC)cc1. The van der Waals surface area contributed by atoms with Crippen LogP contribution in [0.4, 0.5) is 0 Å².